The Labute approximate surface area is 143 Å². The number of hydrogen-bond acceptors (Lipinski definition) is 4. The number of aryl methyl sites for hydroxylation is 1. The van der Waals surface area contributed by atoms with Gasteiger partial charge in [0.15, 0.2) is 0 Å². The lowest BCUT2D eigenvalue weighted by Crippen LogP contribution is -2.24. The standard InChI is InChI=1S/C17H17ClN4S/c18-13-6-4-11(5-7-13)17-20-10-14(23-17)9-19-15-3-1-2-12-8-21-22-16(12)15/h4-8,10,15,19H,1-3,9H2,(H,21,22)/t15-/m1/s1. The highest BCUT2D eigenvalue weighted by atomic mass is 35.5. The Balaban J connectivity index is 1.44. The molecule has 0 fully saturated rings. The van der Waals surface area contributed by atoms with Crippen molar-refractivity contribution in [3.8, 4) is 10.6 Å². The molecule has 2 N–H and O–H groups in total. The summed E-state index contributed by atoms with van der Waals surface area (Å²) in [5, 5.41) is 12.7. The van der Waals surface area contributed by atoms with Crippen molar-refractivity contribution in [1.29, 1.82) is 0 Å². The molecule has 4 rings (SSSR count). The lowest BCUT2D eigenvalue weighted by Gasteiger charge is -2.22. The number of halogens is 1. The molecule has 4 nitrogen and oxygen atoms in total. The van der Waals surface area contributed by atoms with E-state index in [2.05, 4.69) is 20.5 Å². The maximum atomic E-state index is 5.94. The summed E-state index contributed by atoms with van der Waals surface area (Å²) >= 11 is 7.66. The Kier molecular flexibility index (Phi) is 4.16. The number of thiazole rings is 1. The van der Waals surface area contributed by atoms with Gasteiger partial charge in [-0.1, -0.05) is 23.7 Å². The van der Waals surface area contributed by atoms with Crippen LogP contribution in [0.15, 0.2) is 36.7 Å². The van der Waals surface area contributed by atoms with Gasteiger partial charge in [0.25, 0.3) is 0 Å². The second-order valence-corrected chi connectivity index (χ2v) is 7.32. The second kappa shape index (κ2) is 6.43. The maximum absolute atomic E-state index is 5.94. The first-order valence-corrected chi connectivity index (χ1v) is 8.95. The van der Waals surface area contributed by atoms with E-state index in [4.69, 9.17) is 11.6 Å². The van der Waals surface area contributed by atoms with Gasteiger partial charge in [-0.05, 0) is 37.0 Å². The van der Waals surface area contributed by atoms with E-state index in [9.17, 15) is 0 Å². The molecule has 0 saturated heterocycles. The van der Waals surface area contributed by atoms with Gasteiger partial charge in [0.05, 0.1) is 11.9 Å². The van der Waals surface area contributed by atoms with Gasteiger partial charge < -0.3 is 5.32 Å². The Morgan fingerprint density at radius 2 is 2.13 bits per heavy atom. The van der Waals surface area contributed by atoms with Gasteiger partial charge >= 0.3 is 0 Å². The van der Waals surface area contributed by atoms with Gasteiger partial charge in [0.2, 0.25) is 0 Å². The summed E-state index contributed by atoms with van der Waals surface area (Å²) in [4.78, 5) is 5.77. The lowest BCUT2D eigenvalue weighted by atomic mass is 9.94. The Hall–Kier alpha value is -1.69. The van der Waals surface area contributed by atoms with Gasteiger partial charge in [0.1, 0.15) is 5.01 Å². The molecule has 0 aliphatic heterocycles. The number of benzene rings is 1. The van der Waals surface area contributed by atoms with E-state index in [1.165, 1.54) is 22.6 Å². The van der Waals surface area contributed by atoms with E-state index < -0.39 is 0 Å². The summed E-state index contributed by atoms with van der Waals surface area (Å²) in [6.07, 6.45) is 7.40. The molecule has 1 aliphatic carbocycles. The number of aromatic amines is 1. The van der Waals surface area contributed by atoms with E-state index in [0.29, 0.717) is 6.04 Å². The number of aromatic nitrogens is 3. The highest BCUT2D eigenvalue weighted by Gasteiger charge is 2.21. The van der Waals surface area contributed by atoms with Gasteiger partial charge in [0, 0.05) is 34.2 Å². The third-order valence-corrected chi connectivity index (χ3v) is 5.50. The quantitative estimate of drug-likeness (QED) is 0.739. The maximum Gasteiger partial charge on any atom is 0.123 e. The van der Waals surface area contributed by atoms with Crippen LogP contribution in [0.4, 0.5) is 0 Å². The first-order chi connectivity index (χ1) is 11.3. The fraction of sp³-hybridized carbons (Fsp3) is 0.294. The Morgan fingerprint density at radius 1 is 1.26 bits per heavy atom. The van der Waals surface area contributed by atoms with Crippen molar-refractivity contribution >= 4 is 22.9 Å². The van der Waals surface area contributed by atoms with Crippen LogP contribution in [0, 0.1) is 0 Å². The summed E-state index contributed by atoms with van der Waals surface area (Å²) in [6, 6.07) is 8.19. The largest absolute Gasteiger partial charge is 0.304 e. The monoisotopic (exact) mass is 344 g/mol. The first kappa shape index (κ1) is 14.9. The summed E-state index contributed by atoms with van der Waals surface area (Å²) in [7, 11) is 0. The minimum absolute atomic E-state index is 0.363. The minimum atomic E-state index is 0.363. The number of H-pyrrole nitrogens is 1. The molecule has 0 bridgehead atoms. The van der Waals surface area contributed by atoms with E-state index in [0.717, 1.165) is 35.0 Å². The number of nitrogens with zero attached hydrogens (tertiary/aromatic N) is 2. The smallest absolute Gasteiger partial charge is 0.123 e. The third-order valence-electron chi connectivity index (χ3n) is 4.21. The summed E-state index contributed by atoms with van der Waals surface area (Å²) in [5.74, 6) is 0. The number of hydrogen-bond donors (Lipinski definition) is 2. The molecule has 1 aromatic carbocycles. The molecule has 0 amide bonds. The molecule has 0 radical (unpaired) electrons. The van der Waals surface area contributed by atoms with Crippen LogP contribution < -0.4 is 5.32 Å². The molecular formula is C17H17ClN4S. The Bertz CT molecular complexity index is 793. The van der Waals surface area contributed by atoms with Crippen LogP contribution in [-0.2, 0) is 13.0 Å². The van der Waals surface area contributed by atoms with Crippen molar-refractivity contribution in [2.75, 3.05) is 0 Å². The van der Waals surface area contributed by atoms with Crippen molar-refractivity contribution in [2.24, 2.45) is 0 Å². The zero-order valence-electron chi connectivity index (χ0n) is 12.6. The molecule has 1 aliphatic rings. The fourth-order valence-corrected chi connectivity index (χ4v) is 4.00. The van der Waals surface area contributed by atoms with Gasteiger partial charge in [-0.15, -0.1) is 11.3 Å². The predicted octanol–water partition coefficient (Wildman–Crippen LogP) is 4.35. The van der Waals surface area contributed by atoms with Crippen molar-refractivity contribution in [3.05, 3.63) is 57.8 Å². The zero-order chi connectivity index (χ0) is 15.6. The van der Waals surface area contributed by atoms with Gasteiger partial charge in [-0.2, -0.15) is 5.10 Å². The second-order valence-electron chi connectivity index (χ2n) is 5.77. The molecule has 0 saturated carbocycles. The molecule has 6 heteroatoms. The van der Waals surface area contributed by atoms with Crippen molar-refractivity contribution in [1.82, 2.24) is 20.5 Å². The predicted molar refractivity (Wildman–Crippen MR) is 93.7 cm³/mol. The minimum Gasteiger partial charge on any atom is -0.304 e. The average molecular weight is 345 g/mol. The zero-order valence-corrected chi connectivity index (χ0v) is 14.1. The molecule has 2 heterocycles. The van der Waals surface area contributed by atoms with Crippen LogP contribution >= 0.6 is 22.9 Å². The fourth-order valence-electron chi connectivity index (χ4n) is 3.01. The average Bonchev–Trinajstić information content (AvgIpc) is 3.23. The van der Waals surface area contributed by atoms with Crippen molar-refractivity contribution < 1.29 is 0 Å². The van der Waals surface area contributed by atoms with Crippen LogP contribution in [0.1, 0.15) is 35.0 Å². The molecule has 1 atom stereocenters. The van der Waals surface area contributed by atoms with E-state index in [1.807, 2.05) is 36.7 Å². The summed E-state index contributed by atoms with van der Waals surface area (Å²) < 4.78 is 0. The van der Waals surface area contributed by atoms with Crippen molar-refractivity contribution in [3.63, 3.8) is 0 Å². The number of nitrogens with one attached hydrogen (secondary N) is 2. The number of fused-ring (bicyclic) bond motifs is 1. The van der Waals surface area contributed by atoms with Gasteiger partial charge in [-0.3, -0.25) is 5.10 Å². The highest BCUT2D eigenvalue weighted by molar-refractivity contribution is 7.15. The molecule has 118 valence electrons. The Morgan fingerprint density at radius 3 is 3.00 bits per heavy atom. The molecule has 0 unspecified atom stereocenters. The van der Waals surface area contributed by atoms with Crippen LogP contribution in [0.25, 0.3) is 10.6 Å². The van der Waals surface area contributed by atoms with E-state index >= 15 is 0 Å². The topological polar surface area (TPSA) is 53.6 Å². The van der Waals surface area contributed by atoms with E-state index in [1.54, 1.807) is 11.3 Å². The van der Waals surface area contributed by atoms with Gasteiger partial charge in [-0.25, -0.2) is 4.98 Å². The third kappa shape index (κ3) is 3.17. The summed E-state index contributed by atoms with van der Waals surface area (Å²) in [5.41, 5.74) is 3.71. The molecular weight excluding hydrogens is 328 g/mol. The molecule has 2 aromatic heterocycles. The van der Waals surface area contributed by atoms with Crippen LogP contribution in [-0.4, -0.2) is 15.2 Å². The van der Waals surface area contributed by atoms with E-state index in [-0.39, 0.29) is 0 Å². The highest BCUT2D eigenvalue weighted by Crippen LogP contribution is 2.29. The van der Waals surface area contributed by atoms with Crippen LogP contribution in [0.2, 0.25) is 5.02 Å². The molecule has 23 heavy (non-hydrogen) atoms. The SMILES string of the molecule is Clc1ccc(-c2ncc(CN[C@@H]3CCCc4cn[nH]c43)s2)cc1. The normalized spacial score (nSPS) is 17.2. The molecule has 0 spiro atoms. The molecule has 3 aromatic rings. The first-order valence-electron chi connectivity index (χ1n) is 7.76. The summed E-state index contributed by atoms with van der Waals surface area (Å²) in [6.45, 7) is 0.828. The van der Waals surface area contributed by atoms with Crippen molar-refractivity contribution in [2.45, 2.75) is 31.8 Å². The van der Waals surface area contributed by atoms with Crippen LogP contribution in [0.3, 0.4) is 0 Å². The number of rotatable bonds is 4. The van der Waals surface area contributed by atoms with Crippen LogP contribution in [0.5, 0.6) is 0 Å². The lowest BCUT2D eigenvalue weighted by molar-refractivity contribution is 0.451.